The first-order valence-corrected chi connectivity index (χ1v) is 8.52. The molecule has 0 heterocycles. The highest BCUT2D eigenvalue weighted by molar-refractivity contribution is 7.89. The van der Waals surface area contributed by atoms with Gasteiger partial charge in [-0.25, -0.2) is 26.3 Å². The molecule has 130 valence electrons. The van der Waals surface area contributed by atoms with Crippen LogP contribution in [0.25, 0.3) is 0 Å². The minimum atomic E-state index is -4.38. The van der Waals surface area contributed by atoms with Crippen LogP contribution in [0.5, 0.6) is 0 Å². The van der Waals surface area contributed by atoms with E-state index in [9.17, 15) is 21.6 Å². The van der Waals surface area contributed by atoms with Crippen molar-refractivity contribution in [1.82, 2.24) is 4.72 Å². The Hall–Kier alpha value is -1.90. The molecule has 0 amide bonds. The Bertz CT molecular complexity index is 798. The number of hydrogen-bond donors (Lipinski definition) is 1. The molecular weight excluding hydrogens is 343 g/mol. The van der Waals surface area contributed by atoms with Crippen LogP contribution in [0.1, 0.15) is 5.56 Å². The number of nitrogens with one attached hydrogen (secondary N) is 1. The summed E-state index contributed by atoms with van der Waals surface area (Å²) in [6.45, 7) is 0.0272. The molecule has 0 bridgehead atoms. The van der Waals surface area contributed by atoms with Gasteiger partial charge in [0.05, 0.1) is 6.61 Å². The molecule has 0 radical (unpaired) electrons. The molecule has 0 aromatic heterocycles. The standard InChI is InChI=1S/C16H16F3NO3S/c1-23-10-12(9-11-5-3-2-4-6-11)20-24(21,22)14-8-7-13(17)15(18)16(14)19/h2-8,12,20H,9-10H2,1H3/t12-/m0/s1. The lowest BCUT2D eigenvalue weighted by Gasteiger charge is -2.18. The Morgan fingerprint density at radius 3 is 2.33 bits per heavy atom. The Labute approximate surface area is 138 Å². The van der Waals surface area contributed by atoms with Crippen LogP contribution in [0.3, 0.4) is 0 Å². The second kappa shape index (κ2) is 7.78. The van der Waals surface area contributed by atoms with E-state index in [1.54, 1.807) is 24.3 Å². The Balaban J connectivity index is 2.26. The fourth-order valence-corrected chi connectivity index (χ4v) is 3.52. The number of methoxy groups -OCH3 is 1. The summed E-state index contributed by atoms with van der Waals surface area (Å²) >= 11 is 0. The van der Waals surface area contributed by atoms with Gasteiger partial charge in [-0.3, -0.25) is 0 Å². The second-order valence-corrected chi connectivity index (χ2v) is 6.82. The molecule has 1 atom stereocenters. The third-order valence-electron chi connectivity index (χ3n) is 3.30. The van der Waals surface area contributed by atoms with Gasteiger partial charge in [-0.1, -0.05) is 30.3 Å². The van der Waals surface area contributed by atoms with Gasteiger partial charge in [0.15, 0.2) is 17.5 Å². The summed E-state index contributed by atoms with van der Waals surface area (Å²) in [5.74, 6) is -5.04. The fraction of sp³-hybridized carbons (Fsp3) is 0.250. The lowest BCUT2D eigenvalue weighted by atomic mass is 10.1. The molecule has 0 fully saturated rings. The lowest BCUT2D eigenvalue weighted by molar-refractivity contribution is 0.174. The van der Waals surface area contributed by atoms with E-state index in [4.69, 9.17) is 4.74 Å². The van der Waals surface area contributed by atoms with Crippen molar-refractivity contribution in [2.45, 2.75) is 17.4 Å². The van der Waals surface area contributed by atoms with Gasteiger partial charge < -0.3 is 4.74 Å². The van der Waals surface area contributed by atoms with Crippen LogP contribution < -0.4 is 4.72 Å². The molecule has 0 aliphatic rings. The normalized spacial score (nSPS) is 13.0. The van der Waals surface area contributed by atoms with Crippen molar-refractivity contribution in [2.75, 3.05) is 13.7 Å². The van der Waals surface area contributed by atoms with Crippen LogP contribution in [-0.4, -0.2) is 28.2 Å². The Kier molecular flexibility index (Phi) is 5.98. The van der Waals surface area contributed by atoms with Crippen molar-refractivity contribution >= 4 is 10.0 Å². The molecule has 8 heteroatoms. The first-order valence-electron chi connectivity index (χ1n) is 7.04. The molecule has 24 heavy (non-hydrogen) atoms. The number of sulfonamides is 1. The van der Waals surface area contributed by atoms with Crippen molar-refractivity contribution in [3.8, 4) is 0 Å². The van der Waals surface area contributed by atoms with E-state index in [1.807, 2.05) is 6.07 Å². The Morgan fingerprint density at radius 1 is 1.04 bits per heavy atom. The molecule has 1 N–H and O–H groups in total. The maximum absolute atomic E-state index is 13.8. The summed E-state index contributed by atoms with van der Waals surface area (Å²) in [4.78, 5) is -0.949. The molecule has 0 aliphatic heterocycles. The van der Waals surface area contributed by atoms with Gasteiger partial charge in [-0.15, -0.1) is 0 Å². The minimum Gasteiger partial charge on any atom is -0.383 e. The van der Waals surface area contributed by atoms with Gasteiger partial charge in [-0.2, -0.15) is 0 Å². The van der Waals surface area contributed by atoms with Gasteiger partial charge >= 0.3 is 0 Å². The van der Waals surface area contributed by atoms with Crippen LogP contribution >= 0.6 is 0 Å². The summed E-state index contributed by atoms with van der Waals surface area (Å²) in [7, 11) is -2.99. The van der Waals surface area contributed by atoms with E-state index < -0.39 is 38.4 Å². The smallest absolute Gasteiger partial charge is 0.243 e. The molecular formula is C16H16F3NO3S. The Morgan fingerprint density at radius 2 is 1.71 bits per heavy atom. The van der Waals surface area contributed by atoms with E-state index in [-0.39, 0.29) is 6.61 Å². The topological polar surface area (TPSA) is 55.4 Å². The largest absolute Gasteiger partial charge is 0.383 e. The van der Waals surface area contributed by atoms with Crippen LogP contribution in [0.15, 0.2) is 47.4 Å². The van der Waals surface area contributed by atoms with Gasteiger partial charge in [0.25, 0.3) is 0 Å². The SMILES string of the molecule is COC[C@H](Cc1ccccc1)NS(=O)(=O)c1ccc(F)c(F)c1F. The number of rotatable bonds is 7. The van der Waals surface area contributed by atoms with Gasteiger partial charge in [0.2, 0.25) is 10.0 Å². The van der Waals surface area contributed by atoms with Crippen molar-refractivity contribution in [2.24, 2.45) is 0 Å². The molecule has 2 rings (SSSR count). The predicted octanol–water partition coefficient (Wildman–Crippen LogP) is 2.64. The molecule has 4 nitrogen and oxygen atoms in total. The van der Waals surface area contributed by atoms with E-state index in [1.165, 1.54) is 7.11 Å². The third-order valence-corrected chi connectivity index (χ3v) is 4.84. The fourth-order valence-electron chi connectivity index (χ4n) is 2.23. The van der Waals surface area contributed by atoms with E-state index in [0.29, 0.717) is 18.6 Å². The average Bonchev–Trinajstić information content (AvgIpc) is 2.53. The van der Waals surface area contributed by atoms with Gasteiger partial charge in [0, 0.05) is 13.2 Å². The number of hydrogen-bond acceptors (Lipinski definition) is 3. The van der Waals surface area contributed by atoms with Crippen LogP contribution in [-0.2, 0) is 21.2 Å². The zero-order valence-corrected chi connectivity index (χ0v) is 13.6. The molecule has 0 spiro atoms. The number of halogens is 3. The first-order chi connectivity index (χ1) is 11.3. The zero-order chi connectivity index (χ0) is 17.7. The number of benzene rings is 2. The lowest BCUT2D eigenvalue weighted by Crippen LogP contribution is -2.40. The zero-order valence-electron chi connectivity index (χ0n) is 12.8. The predicted molar refractivity (Wildman–Crippen MR) is 82.4 cm³/mol. The van der Waals surface area contributed by atoms with E-state index in [0.717, 1.165) is 5.56 Å². The maximum Gasteiger partial charge on any atom is 0.243 e. The first kappa shape index (κ1) is 18.4. The minimum absolute atomic E-state index is 0.0272. The summed E-state index contributed by atoms with van der Waals surface area (Å²) in [5.41, 5.74) is 0.841. The maximum atomic E-state index is 13.8. The average molecular weight is 359 g/mol. The van der Waals surface area contributed by atoms with Gasteiger partial charge in [0.1, 0.15) is 4.90 Å². The van der Waals surface area contributed by atoms with E-state index >= 15 is 0 Å². The highest BCUT2D eigenvalue weighted by Gasteiger charge is 2.26. The summed E-state index contributed by atoms with van der Waals surface area (Å²) in [6, 6.07) is 9.55. The molecule has 0 saturated carbocycles. The third kappa shape index (κ3) is 4.34. The number of ether oxygens (including phenoxy) is 1. The van der Waals surface area contributed by atoms with Crippen molar-refractivity contribution in [3.63, 3.8) is 0 Å². The molecule has 0 aliphatic carbocycles. The van der Waals surface area contributed by atoms with Crippen LogP contribution in [0, 0.1) is 17.5 Å². The van der Waals surface area contributed by atoms with E-state index in [2.05, 4.69) is 4.72 Å². The molecule has 0 unspecified atom stereocenters. The molecule has 2 aromatic carbocycles. The monoisotopic (exact) mass is 359 g/mol. The highest BCUT2D eigenvalue weighted by atomic mass is 32.2. The second-order valence-electron chi connectivity index (χ2n) is 5.14. The molecule has 2 aromatic rings. The highest BCUT2D eigenvalue weighted by Crippen LogP contribution is 2.20. The van der Waals surface area contributed by atoms with Crippen molar-refractivity contribution in [1.29, 1.82) is 0 Å². The van der Waals surface area contributed by atoms with Crippen molar-refractivity contribution in [3.05, 3.63) is 65.5 Å². The summed E-state index contributed by atoms with van der Waals surface area (Å²) in [5, 5.41) is 0. The van der Waals surface area contributed by atoms with Crippen LogP contribution in [0.2, 0.25) is 0 Å². The summed E-state index contributed by atoms with van der Waals surface area (Å²) < 4.78 is 71.8. The summed E-state index contributed by atoms with van der Waals surface area (Å²) in [6.07, 6.45) is 0.291. The van der Waals surface area contributed by atoms with Crippen molar-refractivity contribution < 1.29 is 26.3 Å². The van der Waals surface area contributed by atoms with Gasteiger partial charge in [-0.05, 0) is 24.1 Å². The van der Waals surface area contributed by atoms with Crippen LogP contribution in [0.4, 0.5) is 13.2 Å². The molecule has 0 saturated heterocycles. The quantitative estimate of drug-likeness (QED) is 0.774.